The number of rotatable bonds is 6. The maximum atomic E-state index is 13.5. The Balaban J connectivity index is 2.10. The molecule has 0 bridgehead atoms. The third-order valence-electron chi connectivity index (χ3n) is 3.15. The maximum Gasteiger partial charge on any atom is 0.137 e. The van der Waals surface area contributed by atoms with Crippen LogP contribution in [0.3, 0.4) is 0 Å². The number of aromatic nitrogens is 2. The molecule has 2 aromatic rings. The molecule has 0 radical (unpaired) electrons. The van der Waals surface area contributed by atoms with E-state index in [2.05, 4.69) is 33.3 Å². The molecule has 2 rings (SSSR count). The average molecular weight is 340 g/mol. The summed E-state index contributed by atoms with van der Waals surface area (Å²) in [5, 5.41) is 7.86. The van der Waals surface area contributed by atoms with Gasteiger partial charge in [-0.1, -0.05) is 19.1 Å². The maximum absolute atomic E-state index is 13.5. The minimum atomic E-state index is -0.240. The zero-order chi connectivity index (χ0) is 14.5. The highest BCUT2D eigenvalue weighted by Crippen LogP contribution is 2.21. The van der Waals surface area contributed by atoms with Crippen LogP contribution < -0.4 is 5.32 Å². The number of aryl methyl sites for hydroxylation is 1. The molecule has 0 saturated heterocycles. The van der Waals surface area contributed by atoms with Crippen molar-refractivity contribution in [1.82, 2.24) is 15.1 Å². The van der Waals surface area contributed by atoms with Gasteiger partial charge in [-0.2, -0.15) is 5.10 Å². The molecular formula is C15H19BrFN3. The van der Waals surface area contributed by atoms with Crippen molar-refractivity contribution in [2.24, 2.45) is 0 Å². The molecule has 0 unspecified atom stereocenters. The molecule has 0 fully saturated rings. The fourth-order valence-corrected chi connectivity index (χ4v) is 2.45. The minimum Gasteiger partial charge on any atom is -0.313 e. The molecule has 0 aliphatic carbocycles. The molecule has 0 saturated carbocycles. The van der Waals surface area contributed by atoms with E-state index in [4.69, 9.17) is 0 Å². The second-order valence-corrected chi connectivity index (χ2v) is 5.62. The van der Waals surface area contributed by atoms with Crippen LogP contribution in [0, 0.1) is 12.7 Å². The predicted octanol–water partition coefficient (Wildman–Crippen LogP) is 3.64. The Labute approximate surface area is 127 Å². The fraction of sp³-hybridized carbons (Fsp3) is 0.400. The highest BCUT2D eigenvalue weighted by molar-refractivity contribution is 9.10. The van der Waals surface area contributed by atoms with E-state index < -0.39 is 0 Å². The summed E-state index contributed by atoms with van der Waals surface area (Å²) >= 11 is 3.29. The van der Waals surface area contributed by atoms with E-state index in [1.54, 1.807) is 6.07 Å². The van der Waals surface area contributed by atoms with Crippen molar-refractivity contribution in [3.05, 3.63) is 51.5 Å². The molecule has 1 aromatic heterocycles. The summed E-state index contributed by atoms with van der Waals surface area (Å²) in [7, 11) is 0. The van der Waals surface area contributed by atoms with Crippen molar-refractivity contribution in [2.75, 3.05) is 6.54 Å². The number of nitrogens with one attached hydrogen (secondary N) is 1. The van der Waals surface area contributed by atoms with Gasteiger partial charge in [0.2, 0.25) is 0 Å². The number of halogens is 2. The fourth-order valence-electron chi connectivity index (χ4n) is 2.06. The van der Waals surface area contributed by atoms with E-state index >= 15 is 0 Å². The number of nitrogens with zero attached hydrogens (tertiary/aromatic N) is 2. The molecule has 3 nitrogen and oxygen atoms in total. The van der Waals surface area contributed by atoms with Crippen LogP contribution in [0.25, 0.3) is 0 Å². The largest absolute Gasteiger partial charge is 0.313 e. The van der Waals surface area contributed by atoms with Gasteiger partial charge in [0.1, 0.15) is 5.82 Å². The normalized spacial score (nSPS) is 11.0. The van der Waals surface area contributed by atoms with Gasteiger partial charge < -0.3 is 5.32 Å². The molecule has 0 aliphatic heterocycles. The van der Waals surface area contributed by atoms with Gasteiger partial charge in [0.25, 0.3) is 0 Å². The highest BCUT2D eigenvalue weighted by atomic mass is 79.9. The van der Waals surface area contributed by atoms with Gasteiger partial charge in [0, 0.05) is 18.3 Å². The molecule has 1 N–H and O–H groups in total. The first-order chi connectivity index (χ1) is 9.61. The number of hydrogen-bond acceptors (Lipinski definition) is 2. The lowest BCUT2D eigenvalue weighted by Crippen LogP contribution is -2.13. The monoisotopic (exact) mass is 339 g/mol. The van der Waals surface area contributed by atoms with Crippen molar-refractivity contribution in [2.45, 2.75) is 33.4 Å². The van der Waals surface area contributed by atoms with Crippen LogP contribution in [0.15, 0.2) is 28.9 Å². The number of hydrogen-bond donors (Lipinski definition) is 1. The Morgan fingerprint density at radius 1 is 1.35 bits per heavy atom. The van der Waals surface area contributed by atoms with Crippen molar-refractivity contribution in [3.8, 4) is 0 Å². The Bertz CT molecular complexity index is 580. The quantitative estimate of drug-likeness (QED) is 0.814. The molecule has 0 aliphatic rings. The third-order valence-corrected chi connectivity index (χ3v) is 4.04. The summed E-state index contributed by atoms with van der Waals surface area (Å²) in [5.74, 6) is -0.240. The Hall–Kier alpha value is -1.20. The van der Waals surface area contributed by atoms with Crippen molar-refractivity contribution >= 4 is 15.9 Å². The highest BCUT2D eigenvalue weighted by Gasteiger charge is 2.08. The van der Waals surface area contributed by atoms with E-state index in [1.807, 2.05) is 23.9 Å². The van der Waals surface area contributed by atoms with Gasteiger partial charge in [0.15, 0.2) is 0 Å². The lowest BCUT2D eigenvalue weighted by Gasteiger charge is -2.05. The Morgan fingerprint density at radius 3 is 2.90 bits per heavy atom. The van der Waals surface area contributed by atoms with Crippen LogP contribution in [0.5, 0.6) is 0 Å². The van der Waals surface area contributed by atoms with Crippen LogP contribution in [-0.2, 0) is 13.1 Å². The second-order valence-electron chi connectivity index (χ2n) is 4.83. The summed E-state index contributed by atoms with van der Waals surface area (Å²) in [6.45, 7) is 6.53. The summed E-state index contributed by atoms with van der Waals surface area (Å²) in [6, 6.07) is 5.07. The predicted molar refractivity (Wildman–Crippen MR) is 82.2 cm³/mol. The van der Waals surface area contributed by atoms with Crippen LogP contribution in [0.4, 0.5) is 4.39 Å². The van der Waals surface area contributed by atoms with Gasteiger partial charge in [0.05, 0.1) is 16.7 Å². The van der Waals surface area contributed by atoms with Gasteiger partial charge in [-0.05, 0) is 47.4 Å². The summed E-state index contributed by atoms with van der Waals surface area (Å²) in [5.41, 5.74) is 3.09. The molecule has 108 valence electrons. The molecule has 0 spiro atoms. The average Bonchev–Trinajstić information content (AvgIpc) is 2.76. The zero-order valence-electron chi connectivity index (χ0n) is 11.8. The molecular weight excluding hydrogens is 321 g/mol. The Morgan fingerprint density at radius 2 is 2.15 bits per heavy atom. The second kappa shape index (κ2) is 6.99. The first kappa shape index (κ1) is 15.2. The van der Waals surface area contributed by atoms with Crippen LogP contribution >= 0.6 is 15.9 Å². The van der Waals surface area contributed by atoms with E-state index in [1.165, 1.54) is 11.6 Å². The van der Waals surface area contributed by atoms with Crippen molar-refractivity contribution in [1.29, 1.82) is 0 Å². The molecule has 1 heterocycles. The molecule has 1 aromatic carbocycles. The molecule has 0 amide bonds. The van der Waals surface area contributed by atoms with E-state index in [-0.39, 0.29) is 5.82 Å². The molecule has 20 heavy (non-hydrogen) atoms. The number of benzene rings is 1. The Kier molecular flexibility index (Phi) is 5.31. The SMILES string of the molecule is CCCNCc1cn(Cc2cccc(F)c2Br)nc1C. The minimum absolute atomic E-state index is 0.240. The van der Waals surface area contributed by atoms with E-state index in [9.17, 15) is 4.39 Å². The van der Waals surface area contributed by atoms with Gasteiger partial charge in [-0.25, -0.2) is 4.39 Å². The standard InChI is InChI=1S/C15H19BrFN3/c1-3-7-18-8-13-10-20(19-11(13)2)9-12-5-4-6-14(17)15(12)16/h4-6,10,18H,3,7-9H2,1-2H3. The smallest absolute Gasteiger partial charge is 0.137 e. The molecule has 0 atom stereocenters. The summed E-state index contributed by atoms with van der Waals surface area (Å²) in [6.07, 6.45) is 3.14. The van der Waals surface area contributed by atoms with Gasteiger partial charge >= 0.3 is 0 Å². The topological polar surface area (TPSA) is 29.9 Å². The first-order valence-corrected chi connectivity index (χ1v) is 7.57. The lowest BCUT2D eigenvalue weighted by atomic mass is 10.2. The van der Waals surface area contributed by atoms with Gasteiger partial charge in [-0.3, -0.25) is 4.68 Å². The van der Waals surface area contributed by atoms with E-state index in [0.717, 1.165) is 30.8 Å². The van der Waals surface area contributed by atoms with Crippen LogP contribution in [0.2, 0.25) is 0 Å². The first-order valence-electron chi connectivity index (χ1n) is 6.78. The van der Waals surface area contributed by atoms with Gasteiger partial charge in [-0.15, -0.1) is 0 Å². The van der Waals surface area contributed by atoms with E-state index in [0.29, 0.717) is 11.0 Å². The van der Waals surface area contributed by atoms with Crippen molar-refractivity contribution in [3.63, 3.8) is 0 Å². The zero-order valence-corrected chi connectivity index (χ0v) is 13.4. The molecule has 5 heteroatoms. The lowest BCUT2D eigenvalue weighted by molar-refractivity contribution is 0.610. The summed E-state index contributed by atoms with van der Waals surface area (Å²) < 4.78 is 15.9. The van der Waals surface area contributed by atoms with Crippen molar-refractivity contribution < 1.29 is 4.39 Å². The van der Waals surface area contributed by atoms with Crippen LogP contribution in [-0.4, -0.2) is 16.3 Å². The summed E-state index contributed by atoms with van der Waals surface area (Å²) in [4.78, 5) is 0. The van der Waals surface area contributed by atoms with Crippen LogP contribution in [0.1, 0.15) is 30.2 Å². The third kappa shape index (κ3) is 3.67.